The van der Waals surface area contributed by atoms with E-state index in [0.717, 1.165) is 24.2 Å². The van der Waals surface area contributed by atoms with E-state index in [-0.39, 0.29) is 6.61 Å². The van der Waals surface area contributed by atoms with Crippen LogP contribution in [-0.2, 0) is 6.61 Å². The van der Waals surface area contributed by atoms with E-state index in [1.54, 1.807) is 12.4 Å². The molecule has 3 nitrogen and oxygen atoms in total. The zero-order chi connectivity index (χ0) is 12.7. The molecule has 1 heterocycles. The molecule has 3 heteroatoms. The van der Waals surface area contributed by atoms with E-state index in [1.165, 1.54) is 12.8 Å². The molecule has 0 amide bonds. The lowest BCUT2D eigenvalue weighted by atomic mass is 10.1. The molecule has 0 aliphatic rings. The topological polar surface area (TPSA) is 36.4 Å². The predicted molar refractivity (Wildman–Crippen MR) is 72.2 cm³/mol. The fraction of sp³-hybridized carbons (Fsp3) is 0.643. The first kappa shape index (κ1) is 14.0. The number of unbranched alkanes of at least 4 members (excludes halogenated alkanes) is 1. The molecule has 17 heavy (non-hydrogen) atoms. The minimum Gasteiger partial charge on any atom is -0.392 e. The Morgan fingerprint density at radius 1 is 1.41 bits per heavy atom. The summed E-state index contributed by atoms with van der Waals surface area (Å²) in [5.74, 6) is 0. The number of pyridine rings is 1. The van der Waals surface area contributed by atoms with Gasteiger partial charge >= 0.3 is 0 Å². The van der Waals surface area contributed by atoms with Crippen molar-refractivity contribution in [1.29, 1.82) is 0 Å². The molecule has 1 aromatic rings. The highest BCUT2D eigenvalue weighted by molar-refractivity contribution is 5.52. The van der Waals surface area contributed by atoms with Crippen LogP contribution in [0.15, 0.2) is 18.5 Å². The van der Waals surface area contributed by atoms with E-state index in [1.807, 2.05) is 6.07 Å². The van der Waals surface area contributed by atoms with E-state index >= 15 is 0 Å². The zero-order valence-electron chi connectivity index (χ0n) is 11.2. The van der Waals surface area contributed by atoms with Gasteiger partial charge in [0.15, 0.2) is 0 Å². The van der Waals surface area contributed by atoms with Gasteiger partial charge in [-0.1, -0.05) is 20.3 Å². The monoisotopic (exact) mass is 236 g/mol. The van der Waals surface area contributed by atoms with Crippen LogP contribution in [0.25, 0.3) is 0 Å². The Morgan fingerprint density at radius 3 is 2.76 bits per heavy atom. The number of rotatable bonds is 7. The van der Waals surface area contributed by atoms with Gasteiger partial charge in [0.2, 0.25) is 0 Å². The number of aliphatic hydroxyl groups is 1. The molecule has 0 aliphatic carbocycles. The van der Waals surface area contributed by atoms with Crippen molar-refractivity contribution in [3.63, 3.8) is 0 Å². The van der Waals surface area contributed by atoms with E-state index in [4.69, 9.17) is 0 Å². The summed E-state index contributed by atoms with van der Waals surface area (Å²) >= 11 is 0. The molecule has 0 saturated carbocycles. The summed E-state index contributed by atoms with van der Waals surface area (Å²) in [7, 11) is 0. The van der Waals surface area contributed by atoms with Crippen molar-refractivity contribution in [3.8, 4) is 0 Å². The minimum atomic E-state index is 0.0578. The number of hydrogen-bond acceptors (Lipinski definition) is 3. The number of aliphatic hydroxyl groups excluding tert-OH is 1. The van der Waals surface area contributed by atoms with Crippen LogP contribution in [0, 0.1) is 0 Å². The Hall–Kier alpha value is -1.09. The molecule has 1 aromatic heterocycles. The van der Waals surface area contributed by atoms with Crippen molar-refractivity contribution in [2.45, 2.75) is 52.7 Å². The average Bonchev–Trinajstić information content (AvgIpc) is 2.39. The van der Waals surface area contributed by atoms with E-state index < -0.39 is 0 Å². The Bertz CT molecular complexity index is 328. The Labute approximate surface area is 104 Å². The average molecular weight is 236 g/mol. The van der Waals surface area contributed by atoms with Crippen LogP contribution in [-0.4, -0.2) is 22.7 Å². The van der Waals surface area contributed by atoms with Crippen molar-refractivity contribution in [2.75, 3.05) is 11.4 Å². The van der Waals surface area contributed by atoms with E-state index in [2.05, 4.69) is 30.7 Å². The van der Waals surface area contributed by atoms with Gasteiger partial charge in [-0.2, -0.15) is 0 Å². The Balaban J connectivity index is 2.94. The van der Waals surface area contributed by atoms with Gasteiger partial charge < -0.3 is 10.0 Å². The maximum atomic E-state index is 9.38. The highest BCUT2D eigenvalue weighted by Gasteiger charge is 2.15. The number of aromatic nitrogens is 1. The smallest absolute Gasteiger partial charge is 0.0717 e. The first-order valence-corrected chi connectivity index (χ1v) is 6.54. The molecule has 1 rings (SSSR count). The first-order valence-electron chi connectivity index (χ1n) is 6.54. The zero-order valence-corrected chi connectivity index (χ0v) is 11.2. The highest BCUT2D eigenvalue weighted by Crippen LogP contribution is 2.23. The predicted octanol–water partition coefficient (Wildman–Crippen LogP) is 2.98. The molecule has 96 valence electrons. The van der Waals surface area contributed by atoms with E-state index in [0.29, 0.717) is 6.04 Å². The third-order valence-electron chi connectivity index (χ3n) is 3.23. The summed E-state index contributed by atoms with van der Waals surface area (Å²) in [5, 5.41) is 9.38. The van der Waals surface area contributed by atoms with Crippen LogP contribution in [0.4, 0.5) is 5.69 Å². The Kier molecular flexibility index (Phi) is 5.98. The minimum absolute atomic E-state index is 0.0578. The second kappa shape index (κ2) is 7.28. The van der Waals surface area contributed by atoms with Crippen molar-refractivity contribution < 1.29 is 5.11 Å². The standard InChI is InChI=1S/C14H24N2O/c1-4-6-9-16(12(3)5-2)14-7-8-15-10-13(14)11-17/h7-8,10,12,17H,4-6,9,11H2,1-3H3. The fourth-order valence-electron chi connectivity index (χ4n) is 1.95. The first-order chi connectivity index (χ1) is 8.24. The molecule has 0 fully saturated rings. The molecule has 0 bridgehead atoms. The number of hydrogen-bond donors (Lipinski definition) is 1. The molecule has 0 aliphatic heterocycles. The second-order valence-corrected chi connectivity index (χ2v) is 4.47. The van der Waals surface area contributed by atoms with Gasteiger partial charge in [-0.05, 0) is 25.8 Å². The molecular formula is C14H24N2O. The van der Waals surface area contributed by atoms with Crippen molar-refractivity contribution in [3.05, 3.63) is 24.0 Å². The molecule has 0 aromatic carbocycles. The third-order valence-corrected chi connectivity index (χ3v) is 3.23. The highest BCUT2D eigenvalue weighted by atomic mass is 16.3. The van der Waals surface area contributed by atoms with Crippen molar-refractivity contribution in [2.24, 2.45) is 0 Å². The summed E-state index contributed by atoms with van der Waals surface area (Å²) in [4.78, 5) is 6.46. The summed E-state index contributed by atoms with van der Waals surface area (Å²) < 4.78 is 0. The number of anilines is 1. The Morgan fingerprint density at radius 2 is 2.18 bits per heavy atom. The van der Waals surface area contributed by atoms with Gasteiger partial charge in [0.05, 0.1) is 6.61 Å². The fourth-order valence-corrected chi connectivity index (χ4v) is 1.95. The van der Waals surface area contributed by atoms with Crippen LogP contribution in [0.5, 0.6) is 0 Å². The largest absolute Gasteiger partial charge is 0.392 e. The molecule has 0 saturated heterocycles. The molecule has 1 atom stereocenters. The summed E-state index contributed by atoms with van der Waals surface area (Å²) in [6.07, 6.45) is 7.04. The maximum Gasteiger partial charge on any atom is 0.0717 e. The summed E-state index contributed by atoms with van der Waals surface area (Å²) in [5.41, 5.74) is 2.05. The summed E-state index contributed by atoms with van der Waals surface area (Å²) in [6.45, 7) is 7.74. The maximum absolute atomic E-state index is 9.38. The SMILES string of the molecule is CCCCN(c1ccncc1CO)C(C)CC. The van der Waals surface area contributed by atoms with Gasteiger partial charge in [-0.3, -0.25) is 4.98 Å². The van der Waals surface area contributed by atoms with Gasteiger partial charge in [-0.25, -0.2) is 0 Å². The van der Waals surface area contributed by atoms with Crippen molar-refractivity contribution >= 4 is 5.69 Å². The molecular weight excluding hydrogens is 212 g/mol. The molecule has 0 radical (unpaired) electrons. The lowest BCUT2D eigenvalue weighted by molar-refractivity contribution is 0.281. The van der Waals surface area contributed by atoms with Gasteiger partial charge in [-0.15, -0.1) is 0 Å². The molecule has 1 unspecified atom stereocenters. The van der Waals surface area contributed by atoms with Gasteiger partial charge in [0.25, 0.3) is 0 Å². The van der Waals surface area contributed by atoms with Crippen LogP contribution >= 0.6 is 0 Å². The quantitative estimate of drug-likeness (QED) is 0.790. The normalized spacial score (nSPS) is 12.5. The van der Waals surface area contributed by atoms with Crippen LogP contribution < -0.4 is 4.90 Å². The lowest BCUT2D eigenvalue weighted by Crippen LogP contribution is -2.34. The van der Waals surface area contributed by atoms with Crippen molar-refractivity contribution in [1.82, 2.24) is 4.98 Å². The van der Waals surface area contributed by atoms with Crippen LogP contribution in [0.1, 0.15) is 45.6 Å². The molecule has 1 N–H and O–H groups in total. The number of nitrogens with zero attached hydrogens (tertiary/aromatic N) is 2. The van der Waals surface area contributed by atoms with Gasteiger partial charge in [0, 0.05) is 36.2 Å². The van der Waals surface area contributed by atoms with Crippen LogP contribution in [0.2, 0.25) is 0 Å². The third kappa shape index (κ3) is 3.70. The van der Waals surface area contributed by atoms with E-state index in [9.17, 15) is 5.11 Å². The van der Waals surface area contributed by atoms with Crippen LogP contribution in [0.3, 0.4) is 0 Å². The second-order valence-electron chi connectivity index (χ2n) is 4.47. The van der Waals surface area contributed by atoms with Gasteiger partial charge in [0.1, 0.15) is 0 Å². The molecule has 0 spiro atoms. The lowest BCUT2D eigenvalue weighted by Gasteiger charge is -2.32. The summed E-state index contributed by atoms with van der Waals surface area (Å²) in [6, 6.07) is 2.50.